The van der Waals surface area contributed by atoms with Crippen LogP contribution in [0.4, 0.5) is 0 Å². The lowest BCUT2D eigenvalue weighted by molar-refractivity contribution is -0.136. The van der Waals surface area contributed by atoms with Crippen LogP contribution in [0.1, 0.15) is 22.6 Å². The summed E-state index contributed by atoms with van der Waals surface area (Å²) in [6.45, 7) is 1.91. The van der Waals surface area contributed by atoms with Crippen LogP contribution in [0.3, 0.4) is 0 Å². The molecule has 0 bridgehead atoms. The molecule has 0 unspecified atom stereocenters. The molecule has 0 saturated carbocycles. The summed E-state index contributed by atoms with van der Waals surface area (Å²) in [5.74, 6) is -0.882. The second-order valence-corrected chi connectivity index (χ2v) is 7.25. The highest BCUT2D eigenvalue weighted by Gasteiger charge is 2.15. The number of benzene rings is 1. The number of aryl methyl sites for hydroxylation is 2. The Kier molecular flexibility index (Phi) is 5.22. The van der Waals surface area contributed by atoms with Gasteiger partial charge >= 0.3 is 5.97 Å². The number of carboxylic acids is 1. The quantitative estimate of drug-likeness (QED) is 0.786. The van der Waals surface area contributed by atoms with Gasteiger partial charge < -0.3 is 5.11 Å². The van der Waals surface area contributed by atoms with Crippen LogP contribution in [-0.4, -0.2) is 29.1 Å². The van der Waals surface area contributed by atoms with Gasteiger partial charge in [-0.1, -0.05) is 16.6 Å². The Bertz CT molecular complexity index is 754. The Morgan fingerprint density at radius 1 is 1.32 bits per heavy atom. The summed E-state index contributed by atoms with van der Waals surface area (Å²) < 4.78 is 30.6. The van der Waals surface area contributed by atoms with Crippen LogP contribution in [0, 0.1) is 6.92 Å². The van der Waals surface area contributed by atoms with Gasteiger partial charge in [0, 0.05) is 13.0 Å². The Labute approximate surface area is 132 Å². The summed E-state index contributed by atoms with van der Waals surface area (Å²) >= 11 is 1.15. The van der Waals surface area contributed by atoms with Gasteiger partial charge in [-0.05, 0) is 42.6 Å². The Hall–Kier alpha value is -1.84. The third-order valence-corrected chi connectivity index (χ3v) is 5.27. The fourth-order valence-corrected chi connectivity index (χ4v) is 3.40. The zero-order chi connectivity index (χ0) is 16.2. The third kappa shape index (κ3) is 4.33. The maximum absolute atomic E-state index is 12.2. The molecular weight excluding hydrogens is 326 g/mol. The topological polar surface area (TPSA) is 109 Å². The molecule has 2 aromatic rings. The summed E-state index contributed by atoms with van der Waals surface area (Å²) in [4.78, 5) is 11.4. The highest BCUT2D eigenvalue weighted by atomic mass is 32.2. The van der Waals surface area contributed by atoms with E-state index >= 15 is 0 Å². The maximum atomic E-state index is 12.2. The molecule has 0 amide bonds. The average molecular weight is 341 g/mol. The van der Waals surface area contributed by atoms with Crippen LogP contribution >= 0.6 is 11.5 Å². The van der Waals surface area contributed by atoms with Crippen LogP contribution in [0.25, 0.3) is 0 Å². The van der Waals surface area contributed by atoms with Crippen molar-refractivity contribution in [3.05, 3.63) is 40.4 Å². The molecule has 0 spiro atoms. The molecule has 0 aliphatic carbocycles. The summed E-state index contributed by atoms with van der Waals surface area (Å²) in [5, 5.41) is 12.4. The van der Waals surface area contributed by atoms with Gasteiger partial charge in [0.1, 0.15) is 0 Å². The number of aliphatic carboxylic acids is 1. The van der Waals surface area contributed by atoms with E-state index in [1.807, 2.05) is 0 Å². The Balaban J connectivity index is 2.03. The van der Waals surface area contributed by atoms with Crippen LogP contribution in [0.15, 0.2) is 29.2 Å². The van der Waals surface area contributed by atoms with Gasteiger partial charge in [-0.15, -0.1) is 5.10 Å². The molecule has 0 aliphatic heterocycles. The minimum Gasteiger partial charge on any atom is -0.481 e. The summed E-state index contributed by atoms with van der Waals surface area (Å²) in [6.07, 6.45) is 0.386. The van der Waals surface area contributed by atoms with Gasteiger partial charge in [0.25, 0.3) is 0 Å². The van der Waals surface area contributed by atoms with Crippen LogP contribution < -0.4 is 4.72 Å². The average Bonchev–Trinajstić information content (AvgIpc) is 2.89. The first kappa shape index (κ1) is 16.5. The summed E-state index contributed by atoms with van der Waals surface area (Å²) in [7, 11) is -3.62. The molecule has 22 heavy (non-hydrogen) atoms. The molecule has 0 radical (unpaired) electrons. The Morgan fingerprint density at radius 2 is 2.00 bits per heavy atom. The number of carbonyl (C=O) groups is 1. The molecular formula is C13H15N3O4S2. The smallest absolute Gasteiger partial charge is 0.303 e. The SMILES string of the molecule is Cc1nnsc1CNS(=O)(=O)c1ccc(CCC(=O)O)cc1. The minimum atomic E-state index is -3.62. The number of sulfonamides is 1. The first-order valence-electron chi connectivity index (χ1n) is 6.47. The van der Waals surface area contributed by atoms with Gasteiger partial charge in [0.2, 0.25) is 10.0 Å². The Morgan fingerprint density at radius 3 is 2.55 bits per heavy atom. The lowest BCUT2D eigenvalue weighted by atomic mass is 10.1. The van der Waals surface area contributed by atoms with Crippen molar-refractivity contribution in [1.82, 2.24) is 14.3 Å². The normalized spacial score (nSPS) is 11.5. The predicted molar refractivity (Wildman–Crippen MR) is 81.1 cm³/mol. The van der Waals surface area contributed by atoms with E-state index < -0.39 is 16.0 Å². The van der Waals surface area contributed by atoms with Crippen LogP contribution in [0.5, 0.6) is 0 Å². The van der Waals surface area contributed by atoms with Crippen molar-refractivity contribution in [2.75, 3.05) is 0 Å². The highest BCUT2D eigenvalue weighted by Crippen LogP contribution is 2.14. The second-order valence-electron chi connectivity index (χ2n) is 4.64. The fraction of sp³-hybridized carbons (Fsp3) is 0.308. The number of nitrogens with zero attached hydrogens (tertiary/aromatic N) is 2. The molecule has 2 rings (SSSR count). The molecule has 0 atom stereocenters. The maximum Gasteiger partial charge on any atom is 0.303 e. The van der Waals surface area contributed by atoms with E-state index in [1.165, 1.54) is 12.1 Å². The van der Waals surface area contributed by atoms with Crippen molar-refractivity contribution in [1.29, 1.82) is 0 Å². The molecule has 7 nitrogen and oxygen atoms in total. The molecule has 0 aliphatic rings. The zero-order valence-electron chi connectivity index (χ0n) is 11.8. The van der Waals surface area contributed by atoms with Gasteiger partial charge in [-0.25, -0.2) is 13.1 Å². The number of nitrogens with one attached hydrogen (secondary N) is 1. The predicted octanol–water partition coefficient (Wildman–Crippen LogP) is 1.34. The molecule has 2 N–H and O–H groups in total. The molecule has 1 aromatic carbocycles. The van der Waals surface area contributed by atoms with Crippen molar-refractivity contribution in [3.63, 3.8) is 0 Å². The molecule has 0 saturated heterocycles. The van der Waals surface area contributed by atoms with E-state index in [1.54, 1.807) is 19.1 Å². The molecule has 1 heterocycles. The number of hydrogen-bond acceptors (Lipinski definition) is 6. The monoisotopic (exact) mass is 341 g/mol. The lowest BCUT2D eigenvalue weighted by Gasteiger charge is -2.06. The highest BCUT2D eigenvalue weighted by molar-refractivity contribution is 7.89. The van der Waals surface area contributed by atoms with E-state index in [9.17, 15) is 13.2 Å². The minimum absolute atomic E-state index is 0.0159. The summed E-state index contributed by atoms with van der Waals surface area (Å²) in [5.41, 5.74) is 1.49. The number of rotatable bonds is 7. The van der Waals surface area contributed by atoms with E-state index in [0.29, 0.717) is 12.1 Å². The molecule has 9 heteroatoms. The van der Waals surface area contributed by atoms with Gasteiger partial charge in [0.05, 0.1) is 15.5 Å². The first-order chi connectivity index (χ1) is 10.4. The van der Waals surface area contributed by atoms with E-state index in [4.69, 9.17) is 5.11 Å². The lowest BCUT2D eigenvalue weighted by Crippen LogP contribution is -2.23. The van der Waals surface area contributed by atoms with Crippen LogP contribution in [0.2, 0.25) is 0 Å². The molecule has 1 aromatic heterocycles. The largest absolute Gasteiger partial charge is 0.481 e. The fourth-order valence-electron chi connectivity index (χ4n) is 1.74. The van der Waals surface area contributed by atoms with Crippen molar-refractivity contribution < 1.29 is 18.3 Å². The van der Waals surface area contributed by atoms with Crippen LogP contribution in [-0.2, 0) is 27.8 Å². The standard InChI is InChI=1S/C13H15N3O4S2/c1-9-12(21-16-15-9)8-14-22(19,20)11-5-2-10(3-6-11)4-7-13(17)18/h2-3,5-6,14H,4,7-8H2,1H3,(H,17,18). The van der Waals surface area contributed by atoms with Crippen molar-refractivity contribution in [3.8, 4) is 0 Å². The summed E-state index contributed by atoms with van der Waals surface area (Å²) in [6, 6.07) is 6.18. The molecule has 118 valence electrons. The number of aromatic nitrogens is 2. The zero-order valence-corrected chi connectivity index (χ0v) is 13.4. The van der Waals surface area contributed by atoms with E-state index in [0.717, 1.165) is 22.0 Å². The second kappa shape index (κ2) is 6.95. The molecule has 0 fully saturated rings. The van der Waals surface area contributed by atoms with Gasteiger partial charge in [-0.2, -0.15) is 0 Å². The number of carboxylic acid groups (broad SMARTS) is 1. The third-order valence-electron chi connectivity index (χ3n) is 3.03. The first-order valence-corrected chi connectivity index (χ1v) is 8.72. The van der Waals surface area contributed by atoms with Gasteiger partial charge in [0.15, 0.2) is 0 Å². The number of hydrogen-bond donors (Lipinski definition) is 2. The van der Waals surface area contributed by atoms with Crippen molar-refractivity contribution >= 4 is 27.5 Å². The van der Waals surface area contributed by atoms with Crippen molar-refractivity contribution in [2.24, 2.45) is 0 Å². The van der Waals surface area contributed by atoms with Gasteiger partial charge in [-0.3, -0.25) is 4.79 Å². The van der Waals surface area contributed by atoms with E-state index in [-0.39, 0.29) is 17.9 Å². The van der Waals surface area contributed by atoms with Crippen molar-refractivity contribution in [2.45, 2.75) is 31.2 Å². The van der Waals surface area contributed by atoms with E-state index in [2.05, 4.69) is 14.3 Å².